The summed E-state index contributed by atoms with van der Waals surface area (Å²) in [5, 5.41) is 3.07. The van der Waals surface area contributed by atoms with Gasteiger partial charge in [-0.1, -0.05) is 36.0 Å². The first-order valence-corrected chi connectivity index (χ1v) is 12.3. The third-order valence-corrected chi connectivity index (χ3v) is 7.23. The Labute approximate surface area is 204 Å². The monoisotopic (exact) mass is 479 g/mol. The standard InChI is InChI=1S/C26H29N3O4S/c1-4-33-26(32)29-13-11-20(12-14-29)27-24(30)19-9-10-22-21(15-19)28(3)25(31)23(34-22)16-18-8-6-5-7-17(18)2/h5-10,15-16,20H,4,11-14H2,1-3H3,(H,27,30)/b23-16-. The first-order chi connectivity index (χ1) is 16.4. The van der Waals surface area contributed by atoms with Gasteiger partial charge in [0.25, 0.3) is 11.8 Å². The van der Waals surface area contributed by atoms with E-state index in [0.29, 0.717) is 43.0 Å². The first kappa shape index (κ1) is 23.9. The summed E-state index contributed by atoms with van der Waals surface area (Å²) in [6, 6.07) is 13.4. The van der Waals surface area contributed by atoms with Crippen molar-refractivity contribution >= 4 is 41.4 Å². The molecule has 34 heavy (non-hydrogen) atoms. The highest BCUT2D eigenvalue weighted by Crippen LogP contribution is 2.42. The van der Waals surface area contributed by atoms with E-state index in [0.717, 1.165) is 21.7 Å². The molecule has 0 atom stereocenters. The van der Waals surface area contributed by atoms with Crippen molar-refractivity contribution in [2.24, 2.45) is 0 Å². The SMILES string of the molecule is CCOC(=O)N1CCC(NC(=O)c2ccc3c(c2)N(C)C(=O)/C(=C/c2ccccc2C)S3)CC1. The number of ether oxygens (including phenoxy) is 1. The molecule has 1 N–H and O–H groups in total. The quantitative estimate of drug-likeness (QED) is 0.656. The van der Waals surface area contributed by atoms with Crippen molar-refractivity contribution in [3.63, 3.8) is 0 Å². The van der Waals surface area contributed by atoms with Crippen LogP contribution in [0.2, 0.25) is 0 Å². The Bertz CT molecular complexity index is 1140. The van der Waals surface area contributed by atoms with E-state index >= 15 is 0 Å². The van der Waals surface area contributed by atoms with Crippen molar-refractivity contribution in [1.82, 2.24) is 10.2 Å². The van der Waals surface area contributed by atoms with Crippen molar-refractivity contribution in [2.45, 2.75) is 37.6 Å². The highest BCUT2D eigenvalue weighted by molar-refractivity contribution is 8.04. The number of anilines is 1. The molecule has 2 heterocycles. The number of hydrogen-bond donors (Lipinski definition) is 1. The summed E-state index contributed by atoms with van der Waals surface area (Å²) in [6.45, 7) is 5.27. The van der Waals surface area contributed by atoms with Crippen molar-refractivity contribution in [3.05, 3.63) is 64.1 Å². The number of nitrogens with one attached hydrogen (secondary N) is 1. The maximum Gasteiger partial charge on any atom is 0.409 e. The summed E-state index contributed by atoms with van der Waals surface area (Å²) >= 11 is 1.42. The highest BCUT2D eigenvalue weighted by atomic mass is 32.2. The third-order valence-electron chi connectivity index (χ3n) is 6.15. The molecule has 0 aromatic heterocycles. The van der Waals surface area contributed by atoms with Crippen molar-refractivity contribution in [2.75, 3.05) is 31.6 Å². The van der Waals surface area contributed by atoms with Gasteiger partial charge in [0.05, 0.1) is 17.2 Å². The van der Waals surface area contributed by atoms with Crippen molar-refractivity contribution < 1.29 is 19.1 Å². The van der Waals surface area contributed by atoms with Crippen LogP contribution >= 0.6 is 11.8 Å². The van der Waals surface area contributed by atoms with Gasteiger partial charge in [0.1, 0.15) is 0 Å². The number of benzene rings is 2. The zero-order valence-electron chi connectivity index (χ0n) is 19.7. The Balaban J connectivity index is 1.44. The lowest BCUT2D eigenvalue weighted by atomic mass is 10.0. The van der Waals surface area contributed by atoms with Crippen LogP contribution in [0.25, 0.3) is 6.08 Å². The van der Waals surface area contributed by atoms with Gasteiger partial charge in [-0.05, 0) is 62.1 Å². The number of piperidine rings is 1. The average Bonchev–Trinajstić information content (AvgIpc) is 2.84. The minimum atomic E-state index is -0.303. The number of nitrogens with zero attached hydrogens (tertiary/aromatic N) is 2. The van der Waals surface area contributed by atoms with Crippen LogP contribution in [0.15, 0.2) is 52.3 Å². The van der Waals surface area contributed by atoms with Crippen LogP contribution in [0, 0.1) is 6.92 Å². The van der Waals surface area contributed by atoms with Gasteiger partial charge < -0.3 is 19.9 Å². The minimum absolute atomic E-state index is 0.00778. The van der Waals surface area contributed by atoms with Crippen LogP contribution in [0.5, 0.6) is 0 Å². The molecule has 2 aromatic carbocycles. The molecular formula is C26H29N3O4S. The van der Waals surface area contributed by atoms with Crippen molar-refractivity contribution in [1.29, 1.82) is 0 Å². The molecule has 0 bridgehead atoms. The fraction of sp³-hybridized carbons (Fsp3) is 0.346. The number of likely N-dealkylation sites (tertiary alicyclic amines) is 1. The van der Waals surface area contributed by atoms with Crippen LogP contribution in [0.1, 0.15) is 41.3 Å². The molecule has 178 valence electrons. The third kappa shape index (κ3) is 5.12. The Morgan fingerprint density at radius 2 is 1.91 bits per heavy atom. The highest BCUT2D eigenvalue weighted by Gasteiger charge is 2.29. The molecule has 2 aliphatic heterocycles. The van der Waals surface area contributed by atoms with Gasteiger partial charge in [-0.25, -0.2) is 4.79 Å². The van der Waals surface area contributed by atoms with Crippen molar-refractivity contribution in [3.8, 4) is 0 Å². The summed E-state index contributed by atoms with van der Waals surface area (Å²) in [5.74, 6) is -0.269. The summed E-state index contributed by atoms with van der Waals surface area (Å²) in [4.78, 5) is 42.7. The fourth-order valence-corrected chi connectivity index (χ4v) is 5.20. The molecule has 0 unspecified atom stereocenters. The number of hydrogen-bond acceptors (Lipinski definition) is 5. The molecule has 0 aliphatic carbocycles. The smallest absolute Gasteiger partial charge is 0.409 e. The lowest BCUT2D eigenvalue weighted by Crippen LogP contribution is -2.46. The molecule has 1 saturated heterocycles. The maximum absolute atomic E-state index is 13.0. The van der Waals surface area contributed by atoms with Crippen LogP contribution in [-0.4, -0.2) is 55.6 Å². The minimum Gasteiger partial charge on any atom is -0.450 e. The van der Waals surface area contributed by atoms with Gasteiger partial charge in [0.2, 0.25) is 0 Å². The number of thioether (sulfide) groups is 1. The number of fused-ring (bicyclic) bond motifs is 1. The zero-order valence-corrected chi connectivity index (χ0v) is 20.5. The second-order valence-corrected chi connectivity index (χ2v) is 9.53. The summed E-state index contributed by atoms with van der Waals surface area (Å²) in [7, 11) is 1.74. The normalized spacial score (nSPS) is 17.5. The van der Waals surface area contributed by atoms with Gasteiger partial charge in [0, 0.05) is 36.6 Å². The average molecular weight is 480 g/mol. The molecule has 8 heteroatoms. The molecule has 0 radical (unpaired) electrons. The number of carbonyl (C=O) groups is 3. The number of carbonyl (C=O) groups excluding carboxylic acids is 3. The van der Waals surface area contributed by atoms with Gasteiger partial charge in [0.15, 0.2) is 0 Å². The van der Waals surface area contributed by atoms with Crippen LogP contribution < -0.4 is 10.2 Å². The van der Waals surface area contributed by atoms with E-state index in [1.165, 1.54) is 11.8 Å². The molecule has 0 spiro atoms. The number of likely N-dealkylation sites (N-methyl/N-ethyl adjacent to an activating group) is 1. The Kier molecular flexibility index (Phi) is 7.26. The van der Waals surface area contributed by atoms with E-state index in [1.54, 1.807) is 35.9 Å². The second kappa shape index (κ2) is 10.3. The predicted molar refractivity (Wildman–Crippen MR) is 134 cm³/mol. The number of aryl methyl sites for hydroxylation is 1. The van der Waals surface area contributed by atoms with Gasteiger partial charge in [-0.15, -0.1) is 0 Å². The Hall–Kier alpha value is -3.26. The lowest BCUT2D eigenvalue weighted by Gasteiger charge is -2.32. The first-order valence-electron chi connectivity index (χ1n) is 11.5. The fourth-order valence-electron chi connectivity index (χ4n) is 4.11. The van der Waals surface area contributed by atoms with Gasteiger partial charge in [-0.3, -0.25) is 9.59 Å². The predicted octanol–water partition coefficient (Wildman–Crippen LogP) is 4.46. The summed E-state index contributed by atoms with van der Waals surface area (Å²) in [6.07, 6.45) is 2.97. The lowest BCUT2D eigenvalue weighted by molar-refractivity contribution is -0.114. The van der Waals surface area contributed by atoms with E-state index < -0.39 is 0 Å². The van der Waals surface area contributed by atoms with Gasteiger partial charge in [-0.2, -0.15) is 0 Å². The molecule has 2 aromatic rings. The number of rotatable bonds is 4. The zero-order chi connectivity index (χ0) is 24.2. The van der Waals surface area contributed by atoms with E-state index in [9.17, 15) is 14.4 Å². The molecule has 3 amide bonds. The van der Waals surface area contributed by atoms with E-state index in [4.69, 9.17) is 4.74 Å². The molecule has 4 rings (SSSR count). The van der Waals surface area contributed by atoms with E-state index in [2.05, 4.69) is 5.32 Å². The molecule has 1 fully saturated rings. The summed E-state index contributed by atoms with van der Waals surface area (Å²) in [5.41, 5.74) is 3.36. The van der Waals surface area contributed by atoms with Crippen LogP contribution in [0.4, 0.5) is 10.5 Å². The molecule has 2 aliphatic rings. The topological polar surface area (TPSA) is 79.0 Å². The Morgan fingerprint density at radius 1 is 1.18 bits per heavy atom. The molecule has 7 nitrogen and oxygen atoms in total. The maximum atomic E-state index is 13.0. The Morgan fingerprint density at radius 3 is 2.62 bits per heavy atom. The summed E-state index contributed by atoms with van der Waals surface area (Å²) < 4.78 is 5.05. The largest absolute Gasteiger partial charge is 0.450 e. The van der Waals surface area contributed by atoms with Gasteiger partial charge >= 0.3 is 6.09 Å². The second-order valence-electron chi connectivity index (χ2n) is 8.45. The molecular weight excluding hydrogens is 450 g/mol. The van der Waals surface area contributed by atoms with Crippen LogP contribution in [0.3, 0.4) is 0 Å². The molecule has 0 saturated carbocycles. The van der Waals surface area contributed by atoms with Crippen LogP contribution in [-0.2, 0) is 9.53 Å². The van der Waals surface area contributed by atoms with E-state index in [1.807, 2.05) is 43.3 Å². The van der Waals surface area contributed by atoms with E-state index in [-0.39, 0.29) is 23.9 Å². The number of amides is 3.